The van der Waals surface area contributed by atoms with Crippen molar-refractivity contribution in [1.29, 1.82) is 0 Å². The van der Waals surface area contributed by atoms with Crippen molar-refractivity contribution in [1.82, 2.24) is 4.90 Å². The molecule has 0 aliphatic carbocycles. The summed E-state index contributed by atoms with van der Waals surface area (Å²) in [6, 6.07) is 17.2. The van der Waals surface area contributed by atoms with Gasteiger partial charge in [0.1, 0.15) is 12.4 Å². The Morgan fingerprint density at radius 3 is 2.37 bits per heavy atom. The predicted molar refractivity (Wildman–Crippen MR) is 102 cm³/mol. The Morgan fingerprint density at radius 1 is 1.00 bits per heavy atom. The molecule has 142 valence electrons. The summed E-state index contributed by atoms with van der Waals surface area (Å²) in [5.74, 6) is 0.259. The van der Waals surface area contributed by atoms with E-state index in [1.807, 2.05) is 55.5 Å². The average molecular weight is 367 g/mol. The predicted octanol–water partition coefficient (Wildman–Crippen LogP) is 3.68. The number of hydrogen-bond acceptors (Lipinski definition) is 4. The zero-order valence-corrected chi connectivity index (χ0v) is 15.6. The van der Waals surface area contributed by atoms with Crippen molar-refractivity contribution in [2.24, 2.45) is 5.92 Å². The number of benzene rings is 2. The maximum absolute atomic E-state index is 13.0. The highest BCUT2D eigenvalue weighted by molar-refractivity contribution is 5.97. The number of nitrogens with zero attached hydrogens (tertiary/aromatic N) is 1. The third-order valence-electron chi connectivity index (χ3n) is 4.76. The first-order valence-corrected chi connectivity index (χ1v) is 9.40. The molecule has 1 saturated heterocycles. The van der Waals surface area contributed by atoms with Crippen molar-refractivity contribution < 1.29 is 19.1 Å². The molecule has 1 heterocycles. The molecule has 5 nitrogen and oxygen atoms in total. The minimum Gasteiger partial charge on any atom is -0.488 e. The van der Waals surface area contributed by atoms with Crippen LogP contribution in [0.15, 0.2) is 54.6 Å². The molecule has 3 rings (SSSR count). The van der Waals surface area contributed by atoms with Gasteiger partial charge in [-0.3, -0.25) is 9.59 Å². The van der Waals surface area contributed by atoms with Crippen LogP contribution in [0.5, 0.6) is 5.75 Å². The molecule has 0 spiro atoms. The van der Waals surface area contributed by atoms with Gasteiger partial charge in [0.2, 0.25) is 0 Å². The van der Waals surface area contributed by atoms with E-state index >= 15 is 0 Å². The molecule has 0 radical (unpaired) electrons. The quantitative estimate of drug-likeness (QED) is 0.731. The lowest BCUT2D eigenvalue weighted by molar-refractivity contribution is -0.149. The fourth-order valence-corrected chi connectivity index (χ4v) is 3.25. The van der Waals surface area contributed by atoms with Crippen molar-refractivity contribution in [3.8, 4) is 5.75 Å². The number of ether oxygens (including phenoxy) is 2. The fraction of sp³-hybridized carbons (Fsp3) is 0.364. The molecular weight excluding hydrogens is 342 g/mol. The van der Waals surface area contributed by atoms with Gasteiger partial charge in [-0.1, -0.05) is 42.5 Å². The molecule has 27 heavy (non-hydrogen) atoms. The van der Waals surface area contributed by atoms with Gasteiger partial charge >= 0.3 is 5.97 Å². The zero-order chi connectivity index (χ0) is 19.1. The summed E-state index contributed by atoms with van der Waals surface area (Å²) in [7, 11) is 0. The Kier molecular flexibility index (Phi) is 6.47. The molecule has 0 N–H and O–H groups in total. The van der Waals surface area contributed by atoms with Crippen LogP contribution in [0, 0.1) is 5.92 Å². The van der Waals surface area contributed by atoms with Gasteiger partial charge in [-0.15, -0.1) is 0 Å². The molecule has 5 heteroatoms. The Morgan fingerprint density at radius 2 is 1.67 bits per heavy atom. The first-order valence-electron chi connectivity index (χ1n) is 9.40. The first-order chi connectivity index (χ1) is 13.2. The van der Waals surface area contributed by atoms with Crippen LogP contribution >= 0.6 is 0 Å². The van der Waals surface area contributed by atoms with Gasteiger partial charge < -0.3 is 14.4 Å². The van der Waals surface area contributed by atoms with Gasteiger partial charge in [-0.2, -0.15) is 0 Å². The number of hydrogen-bond donors (Lipinski definition) is 0. The second-order valence-electron chi connectivity index (χ2n) is 6.59. The van der Waals surface area contributed by atoms with Crippen LogP contribution in [0.4, 0.5) is 0 Å². The first kappa shape index (κ1) is 19.0. The molecule has 0 saturated carbocycles. The van der Waals surface area contributed by atoms with Crippen LogP contribution < -0.4 is 4.74 Å². The van der Waals surface area contributed by atoms with Crippen LogP contribution in [-0.4, -0.2) is 36.5 Å². The maximum atomic E-state index is 13.0. The minimum atomic E-state index is -0.156. The summed E-state index contributed by atoms with van der Waals surface area (Å²) >= 11 is 0. The Bertz CT molecular complexity index is 767. The Balaban J connectivity index is 1.63. The van der Waals surface area contributed by atoms with E-state index in [9.17, 15) is 9.59 Å². The van der Waals surface area contributed by atoms with Crippen molar-refractivity contribution in [3.05, 3.63) is 65.7 Å². The number of para-hydroxylation sites is 1. The van der Waals surface area contributed by atoms with Crippen molar-refractivity contribution in [3.63, 3.8) is 0 Å². The number of carbonyl (C=O) groups excluding carboxylic acids is 2. The molecule has 0 atom stereocenters. The second-order valence-corrected chi connectivity index (χ2v) is 6.59. The maximum Gasteiger partial charge on any atom is 0.309 e. The monoisotopic (exact) mass is 367 g/mol. The van der Waals surface area contributed by atoms with Crippen LogP contribution in [0.25, 0.3) is 0 Å². The van der Waals surface area contributed by atoms with Crippen LogP contribution in [0.2, 0.25) is 0 Å². The molecule has 1 fully saturated rings. The Hall–Kier alpha value is -2.82. The lowest BCUT2D eigenvalue weighted by atomic mass is 9.96. The standard InChI is InChI=1S/C22H25NO4/c1-2-26-22(25)18-12-14-23(15-13-18)21(24)19-10-6-7-11-20(19)27-16-17-8-4-3-5-9-17/h3-11,18H,2,12-16H2,1H3. The Labute approximate surface area is 159 Å². The van der Waals surface area contributed by atoms with Gasteiger partial charge in [0.15, 0.2) is 0 Å². The molecule has 0 aromatic heterocycles. The minimum absolute atomic E-state index is 0.0547. The highest BCUT2D eigenvalue weighted by atomic mass is 16.5. The summed E-state index contributed by atoms with van der Waals surface area (Å²) in [6.07, 6.45) is 1.27. The molecule has 2 aromatic carbocycles. The van der Waals surface area contributed by atoms with Crippen LogP contribution in [0.1, 0.15) is 35.7 Å². The number of piperidine rings is 1. The van der Waals surface area contributed by atoms with E-state index in [1.165, 1.54) is 0 Å². The molecule has 1 aliphatic rings. The number of rotatable bonds is 6. The fourth-order valence-electron chi connectivity index (χ4n) is 3.25. The van der Waals surface area contributed by atoms with Crippen LogP contribution in [-0.2, 0) is 16.1 Å². The lowest BCUT2D eigenvalue weighted by Crippen LogP contribution is -2.40. The average Bonchev–Trinajstić information content (AvgIpc) is 2.73. The van der Waals surface area contributed by atoms with E-state index in [-0.39, 0.29) is 17.8 Å². The van der Waals surface area contributed by atoms with E-state index in [1.54, 1.807) is 11.0 Å². The molecule has 0 bridgehead atoms. The third kappa shape index (κ3) is 4.88. The highest BCUT2D eigenvalue weighted by Gasteiger charge is 2.29. The SMILES string of the molecule is CCOC(=O)C1CCN(C(=O)c2ccccc2OCc2ccccc2)CC1. The topological polar surface area (TPSA) is 55.8 Å². The van der Waals surface area contributed by atoms with E-state index in [2.05, 4.69) is 0 Å². The van der Waals surface area contributed by atoms with Crippen molar-refractivity contribution in [2.75, 3.05) is 19.7 Å². The third-order valence-corrected chi connectivity index (χ3v) is 4.76. The van der Waals surface area contributed by atoms with Gasteiger partial charge in [0, 0.05) is 13.1 Å². The number of amides is 1. The number of esters is 1. The smallest absolute Gasteiger partial charge is 0.309 e. The van der Waals surface area contributed by atoms with Crippen molar-refractivity contribution >= 4 is 11.9 Å². The van der Waals surface area contributed by atoms with Gasteiger partial charge in [0.25, 0.3) is 5.91 Å². The van der Waals surface area contributed by atoms with E-state index in [4.69, 9.17) is 9.47 Å². The summed E-state index contributed by atoms with van der Waals surface area (Å²) in [5.41, 5.74) is 1.61. The van der Waals surface area contributed by atoms with Gasteiger partial charge in [-0.05, 0) is 37.5 Å². The molecule has 1 aliphatic heterocycles. The second kappa shape index (κ2) is 9.21. The van der Waals surface area contributed by atoms with E-state index in [0.717, 1.165) is 5.56 Å². The molecule has 1 amide bonds. The summed E-state index contributed by atoms with van der Waals surface area (Å²) in [4.78, 5) is 26.6. The van der Waals surface area contributed by atoms with Gasteiger partial charge in [-0.25, -0.2) is 0 Å². The summed E-state index contributed by atoms with van der Waals surface area (Å²) in [5, 5.41) is 0. The van der Waals surface area contributed by atoms with Gasteiger partial charge in [0.05, 0.1) is 18.1 Å². The lowest BCUT2D eigenvalue weighted by Gasteiger charge is -2.31. The summed E-state index contributed by atoms with van der Waals surface area (Å²) in [6.45, 7) is 3.72. The largest absolute Gasteiger partial charge is 0.488 e. The van der Waals surface area contributed by atoms with Crippen molar-refractivity contribution in [2.45, 2.75) is 26.4 Å². The van der Waals surface area contributed by atoms with E-state index < -0.39 is 0 Å². The van der Waals surface area contributed by atoms with Crippen LogP contribution in [0.3, 0.4) is 0 Å². The number of likely N-dealkylation sites (tertiary alicyclic amines) is 1. The molecule has 0 unspecified atom stereocenters. The summed E-state index contributed by atoms with van der Waals surface area (Å²) < 4.78 is 11.0. The number of carbonyl (C=O) groups is 2. The highest BCUT2D eigenvalue weighted by Crippen LogP contribution is 2.25. The molecular formula is C22H25NO4. The molecule has 2 aromatic rings. The van der Waals surface area contributed by atoms with E-state index in [0.29, 0.717) is 50.5 Å². The zero-order valence-electron chi connectivity index (χ0n) is 15.6. The normalized spacial score (nSPS) is 14.6.